The maximum atomic E-state index is 12.6. The predicted molar refractivity (Wildman–Crippen MR) is 70.7 cm³/mol. The molecule has 0 N–H and O–H groups in total. The molecule has 0 aliphatic heterocycles. The number of halogens is 3. The molecule has 2 aromatic rings. The van der Waals surface area contributed by atoms with Crippen molar-refractivity contribution in [3.63, 3.8) is 0 Å². The lowest BCUT2D eigenvalue weighted by Gasteiger charge is -2.16. The van der Waals surface area contributed by atoms with E-state index in [1.165, 1.54) is 12.1 Å². The topological polar surface area (TPSA) is 9.23 Å². The first-order chi connectivity index (χ1) is 8.95. The number of benzene rings is 2. The molecule has 0 unspecified atom stereocenters. The van der Waals surface area contributed by atoms with Crippen molar-refractivity contribution in [3.05, 3.63) is 59.7 Å². The van der Waals surface area contributed by atoms with Crippen LogP contribution in [0.1, 0.15) is 11.1 Å². The number of hydrogen-bond donors (Lipinski definition) is 0. The maximum Gasteiger partial charge on any atom is 0.509 e. The van der Waals surface area contributed by atoms with E-state index in [1.54, 1.807) is 0 Å². The van der Waals surface area contributed by atoms with E-state index in [0.717, 1.165) is 23.3 Å². The number of hydrogen-bond acceptors (Lipinski definition) is 1. The normalized spacial score (nSPS) is 11.4. The van der Waals surface area contributed by atoms with Crippen LogP contribution in [0.2, 0.25) is 0 Å². The molecule has 1 nitrogen and oxygen atoms in total. The van der Waals surface area contributed by atoms with Crippen molar-refractivity contribution in [1.29, 1.82) is 0 Å². The third kappa shape index (κ3) is 3.78. The lowest BCUT2D eigenvalue weighted by atomic mass is 9.80. The highest BCUT2D eigenvalue weighted by molar-refractivity contribution is 6.73. The Morgan fingerprint density at radius 2 is 1.74 bits per heavy atom. The van der Waals surface area contributed by atoms with Crippen LogP contribution in [-0.4, -0.2) is 6.98 Å². The molecular weight excluding hydrogens is 252 g/mol. The van der Waals surface area contributed by atoms with E-state index >= 15 is 0 Å². The Morgan fingerprint density at radius 3 is 2.42 bits per heavy atom. The van der Waals surface area contributed by atoms with E-state index < -0.39 is 12.4 Å². The Labute approximate surface area is 110 Å². The first-order valence-corrected chi connectivity index (χ1v) is 5.93. The second kappa shape index (κ2) is 5.39. The monoisotopic (exact) mass is 265 g/mol. The third-order valence-corrected chi connectivity index (χ3v) is 2.72. The summed E-state index contributed by atoms with van der Waals surface area (Å²) in [6.45, 7) is -2.77. The lowest BCUT2D eigenvalue weighted by Crippen LogP contribution is -2.33. The fourth-order valence-electron chi connectivity index (χ4n) is 1.78. The van der Waals surface area contributed by atoms with Crippen molar-refractivity contribution < 1.29 is 17.7 Å². The van der Waals surface area contributed by atoms with E-state index in [-0.39, 0.29) is 12.4 Å². The average Bonchev–Trinajstić information content (AvgIpc) is 2.36. The zero-order chi connectivity index (χ0) is 13.9. The van der Waals surface area contributed by atoms with Crippen LogP contribution in [-0.2, 0) is 6.61 Å². The summed E-state index contributed by atoms with van der Waals surface area (Å²) in [4.78, 5) is 0. The van der Waals surface area contributed by atoms with Gasteiger partial charge in [-0.3, -0.25) is 0 Å². The quantitative estimate of drug-likeness (QED) is 0.767. The highest BCUT2D eigenvalue weighted by Crippen LogP contribution is 2.16. The smallest absolute Gasteiger partial charge is 0.489 e. The van der Waals surface area contributed by atoms with Crippen LogP contribution in [0.5, 0.6) is 5.75 Å². The zero-order valence-electron chi connectivity index (χ0n) is 10.4. The van der Waals surface area contributed by atoms with Crippen LogP contribution >= 0.6 is 0 Å². The molecule has 0 heterocycles. The van der Waals surface area contributed by atoms with Gasteiger partial charge in [-0.1, -0.05) is 42.0 Å². The molecule has 0 bridgehead atoms. The van der Waals surface area contributed by atoms with Crippen LogP contribution in [0.25, 0.3) is 0 Å². The van der Waals surface area contributed by atoms with Gasteiger partial charge in [0.25, 0.3) is 0 Å². The van der Waals surface area contributed by atoms with Gasteiger partial charge in [0.15, 0.2) is 0 Å². The summed E-state index contributed by atoms with van der Waals surface area (Å²) < 4.78 is 43.2. The molecule has 0 fully saturated rings. The highest BCUT2D eigenvalue weighted by Gasteiger charge is 2.25. The molecule has 0 saturated heterocycles. The summed E-state index contributed by atoms with van der Waals surface area (Å²) in [6, 6.07) is 12.6. The van der Waals surface area contributed by atoms with Crippen molar-refractivity contribution in [2.45, 2.75) is 13.5 Å². The molecule has 5 heteroatoms. The van der Waals surface area contributed by atoms with E-state index in [2.05, 4.69) is 0 Å². The van der Waals surface area contributed by atoms with Gasteiger partial charge in [-0.2, -0.15) is 0 Å². The Morgan fingerprint density at radius 1 is 1.00 bits per heavy atom. The Kier molecular flexibility index (Phi) is 3.83. The van der Waals surface area contributed by atoms with E-state index in [1.807, 2.05) is 31.2 Å². The first-order valence-electron chi connectivity index (χ1n) is 5.93. The van der Waals surface area contributed by atoms with Gasteiger partial charge >= 0.3 is 6.98 Å². The van der Waals surface area contributed by atoms with Gasteiger partial charge in [0.1, 0.15) is 12.4 Å². The first kappa shape index (κ1) is 13.5. The fraction of sp³-hybridized carbons (Fsp3) is 0.143. The van der Waals surface area contributed by atoms with Crippen LogP contribution < -0.4 is 10.2 Å². The van der Waals surface area contributed by atoms with Crippen LogP contribution in [0.3, 0.4) is 0 Å². The minimum absolute atomic E-state index is 0.234. The molecular formula is C14H13BF3O-. The van der Waals surface area contributed by atoms with Gasteiger partial charge in [0, 0.05) is 0 Å². The second-order valence-corrected chi connectivity index (χ2v) is 4.42. The number of ether oxygens (including phenoxy) is 1. The largest absolute Gasteiger partial charge is 0.509 e. The Balaban J connectivity index is 2.08. The van der Waals surface area contributed by atoms with Crippen molar-refractivity contribution >= 4 is 12.4 Å². The highest BCUT2D eigenvalue weighted by atomic mass is 19.4. The standard InChI is InChI=1S/C14H13BF3O/c1-11-4-2-5-12(8-11)10-19-14-7-3-6-13(9-14)15(16,17)18/h2-9H,10H2,1H3/q-1. The average molecular weight is 265 g/mol. The van der Waals surface area contributed by atoms with Gasteiger partial charge in [-0.05, 0) is 24.6 Å². The minimum atomic E-state index is -4.98. The van der Waals surface area contributed by atoms with Gasteiger partial charge in [0.2, 0.25) is 0 Å². The van der Waals surface area contributed by atoms with Gasteiger partial charge < -0.3 is 17.7 Å². The van der Waals surface area contributed by atoms with Gasteiger partial charge in [0.05, 0.1) is 0 Å². The molecule has 19 heavy (non-hydrogen) atoms. The summed E-state index contributed by atoms with van der Waals surface area (Å²) in [6.07, 6.45) is 0. The van der Waals surface area contributed by atoms with E-state index in [0.29, 0.717) is 0 Å². The predicted octanol–water partition coefficient (Wildman–Crippen LogP) is 3.63. The molecule has 2 aromatic carbocycles. The summed E-state index contributed by atoms with van der Waals surface area (Å²) in [5, 5.41) is 0. The molecule has 0 saturated carbocycles. The van der Waals surface area contributed by atoms with Crippen LogP contribution in [0.15, 0.2) is 48.5 Å². The summed E-state index contributed by atoms with van der Waals surface area (Å²) in [5.41, 5.74) is 1.39. The maximum absolute atomic E-state index is 12.6. The molecule has 0 atom stereocenters. The van der Waals surface area contributed by atoms with Gasteiger partial charge in [-0.25, -0.2) is 0 Å². The zero-order valence-corrected chi connectivity index (χ0v) is 10.4. The van der Waals surface area contributed by atoms with E-state index in [9.17, 15) is 12.9 Å². The second-order valence-electron chi connectivity index (χ2n) is 4.42. The number of aryl methyl sites for hydroxylation is 1. The lowest BCUT2D eigenvalue weighted by molar-refractivity contribution is 0.306. The molecule has 100 valence electrons. The molecule has 0 aliphatic carbocycles. The van der Waals surface area contributed by atoms with E-state index in [4.69, 9.17) is 4.74 Å². The van der Waals surface area contributed by atoms with Crippen molar-refractivity contribution in [2.24, 2.45) is 0 Å². The van der Waals surface area contributed by atoms with Crippen molar-refractivity contribution in [3.8, 4) is 5.75 Å². The van der Waals surface area contributed by atoms with Crippen LogP contribution in [0, 0.1) is 6.92 Å². The SMILES string of the molecule is Cc1cccc(COc2cccc([B-](F)(F)F)c2)c1. The Hall–Kier alpha value is -1.91. The fourth-order valence-corrected chi connectivity index (χ4v) is 1.78. The summed E-state index contributed by atoms with van der Waals surface area (Å²) in [5.74, 6) is 0.234. The number of rotatable bonds is 4. The molecule has 0 aromatic heterocycles. The van der Waals surface area contributed by atoms with Crippen LogP contribution in [0.4, 0.5) is 12.9 Å². The Bertz CT molecular complexity index is 567. The third-order valence-electron chi connectivity index (χ3n) is 2.72. The van der Waals surface area contributed by atoms with Gasteiger partial charge in [-0.15, -0.1) is 5.46 Å². The molecule has 0 spiro atoms. The van der Waals surface area contributed by atoms with Crippen molar-refractivity contribution in [1.82, 2.24) is 0 Å². The van der Waals surface area contributed by atoms with Crippen molar-refractivity contribution in [2.75, 3.05) is 0 Å². The molecule has 0 amide bonds. The summed E-state index contributed by atoms with van der Waals surface area (Å²) >= 11 is 0. The molecule has 0 radical (unpaired) electrons. The molecule has 2 rings (SSSR count). The minimum Gasteiger partial charge on any atom is -0.489 e. The summed E-state index contributed by atoms with van der Waals surface area (Å²) in [7, 11) is 0. The molecule has 0 aliphatic rings.